The number of carbonyl (C=O) groups is 1. The van der Waals surface area contributed by atoms with Gasteiger partial charge in [-0.1, -0.05) is 52.8 Å². The number of nitrogens with zero attached hydrogens (tertiary/aromatic N) is 1. The minimum Gasteiger partial charge on any atom is -0.490 e. The Hall–Kier alpha value is -3.65. The van der Waals surface area contributed by atoms with Crippen LogP contribution in [0.2, 0.25) is 0 Å². The van der Waals surface area contributed by atoms with Gasteiger partial charge in [0.05, 0.1) is 5.69 Å². The second-order valence-corrected chi connectivity index (χ2v) is 12.1. The molecule has 1 unspecified atom stereocenters. The van der Waals surface area contributed by atoms with Crippen LogP contribution in [0, 0.1) is 17.7 Å². The molecule has 8 heteroatoms. The third-order valence-corrected chi connectivity index (χ3v) is 7.34. The molecule has 0 bridgehead atoms. The van der Waals surface area contributed by atoms with Crippen LogP contribution in [-0.4, -0.2) is 30.2 Å². The second-order valence-electron chi connectivity index (χ2n) is 12.1. The summed E-state index contributed by atoms with van der Waals surface area (Å²) in [4.78, 5) is 17.2. The van der Waals surface area contributed by atoms with Crippen molar-refractivity contribution in [1.29, 1.82) is 0 Å². The van der Waals surface area contributed by atoms with E-state index in [4.69, 9.17) is 9.47 Å². The zero-order chi connectivity index (χ0) is 29.4. The van der Waals surface area contributed by atoms with Crippen molar-refractivity contribution in [1.82, 2.24) is 10.3 Å². The van der Waals surface area contributed by atoms with Crippen molar-refractivity contribution in [2.45, 2.75) is 71.8 Å². The van der Waals surface area contributed by atoms with Gasteiger partial charge in [0, 0.05) is 17.8 Å². The van der Waals surface area contributed by atoms with Crippen molar-refractivity contribution < 1.29 is 18.7 Å². The number of amides is 2. The highest BCUT2D eigenvalue weighted by atomic mass is 19.1. The zero-order valence-electron chi connectivity index (χ0n) is 24.8. The third kappa shape index (κ3) is 8.67. The van der Waals surface area contributed by atoms with Gasteiger partial charge in [0.2, 0.25) is 5.88 Å². The number of urea groups is 1. The minimum atomic E-state index is -0.607. The average molecular weight is 563 g/mol. The standard InChI is InChI=1S/C33H43FN4O3/c1-22(2)12-15-29(23-16-19-35-20-17-23)40-24-13-14-27(26(34)21-24)37-32(39)38-28-10-8-18-36-31(28)41-30-11-7-6-9-25(30)33(3,4)5/h6-11,13-14,18,21-23,29,35H,12,15-17,19-20H2,1-5H3,(H2,37,38,39). The molecule has 0 saturated carbocycles. The van der Waals surface area contributed by atoms with Gasteiger partial charge in [-0.15, -0.1) is 0 Å². The van der Waals surface area contributed by atoms with Crippen LogP contribution in [0.25, 0.3) is 0 Å². The van der Waals surface area contributed by atoms with Crippen LogP contribution in [-0.2, 0) is 5.41 Å². The first kappa shape index (κ1) is 30.3. The largest absolute Gasteiger partial charge is 0.490 e. The smallest absolute Gasteiger partial charge is 0.323 e. The number of hydrogen-bond donors (Lipinski definition) is 3. The molecule has 0 aliphatic carbocycles. The number of para-hydroxylation sites is 1. The lowest BCUT2D eigenvalue weighted by Gasteiger charge is -2.31. The lowest BCUT2D eigenvalue weighted by atomic mass is 9.86. The summed E-state index contributed by atoms with van der Waals surface area (Å²) in [5, 5.41) is 8.74. The van der Waals surface area contributed by atoms with Crippen molar-refractivity contribution in [3.8, 4) is 17.4 Å². The molecule has 2 heterocycles. The number of benzene rings is 2. The Morgan fingerprint density at radius 1 is 1.02 bits per heavy atom. The van der Waals surface area contributed by atoms with E-state index in [2.05, 4.69) is 55.6 Å². The third-order valence-electron chi connectivity index (χ3n) is 7.34. The van der Waals surface area contributed by atoms with Crippen LogP contribution in [0.15, 0.2) is 60.8 Å². The van der Waals surface area contributed by atoms with Crippen LogP contribution in [0.3, 0.4) is 0 Å². The summed E-state index contributed by atoms with van der Waals surface area (Å²) >= 11 is 0. The molecule has 2 amide bonds. The van der Waals surface area contributed by atoms with Crippen molar-refractivity contribution in [3.05, 3.63) is 72.2 Å². The Balaban J connectivity index is 1.42. The monoisotopic (exact) mass is 562 g/mol. The molecule has 3 aromatic rings. The second kappa shape index (κ2) is 13.8. The highest BCUT2D eigenvalue weighted by Gasteiger charge is 2.26. The first-order chi connectivity index (χ1) is 19.6. The van der Waals surface area contributed by atoms with E-state index >= 15 is 4.39 Å². The van der Waals surface area contributed by atoms with E-state index in [1.165, 1.54) is 12.1 Å². The predicted molar refractivity (Wildman–Crippen MR) is 163 cm³/mol. The molecule has 220 valence electrons. The maximum absolute atomic E-state index is 15.1. The van der Waals surface area contributed by atoms with Crippen LogP contribution in [0.5, 0.6) is 17.4 Å². The molecule has 1 aliphatic heterocycles. The van der Waals surface area contributed by atoms with Crippen LogP contribution < -0.4 is 25.4 Å². The molecule has 1 fully saturated rings. The molecule has 3 N–H and O–H groups in total. The molecule has 1 saturated heterocycles. The lowest BCUT2D eigenvalue weighted by Crippen LogP contribution is -2.37. The number of piperidine rings is 1. The number of ether oxygens (including phenoxy) is 2. The fourth-order valence-corrected chi connectivity index (χ4v) is 5.07. The average Bonchev–Trinajstić information content (AvgIpc) is 2.93. The first-order valence-corrected chi connectivity index (χ1v) is 14.6. The summed E-state index contributed by atoms with van der Waals surface area (Å²) in [6.45, 7) is 12.7. The molecule has 1 atom stereocenters. The van der Waals surface area contributed by atoms with Gasteiger partial charge in [-0.25, -0.2) is 14.2 Å². The van der Waals surface area contributed by atoms with Crippen molar-refractivity contribution in [2.75, 3.05) is 23.7 Å². The summed E-state index contributed by atoms with van der Waals surface area (Å²) in [5.41, 5.74) is 1.28. The molecule has 0 spiro atoms. The number of aromatic nitrogens is 1. The number of nitrogens with one attached hydrogen (secondary N) is 3. The van der Waals surface area contributed by atoms with Gasteiger partial charge < -0.3 is 25.4 Å². The van der Waals surface area contributed by atoms with E-state index in [1.54, 1.807) is 24.4 Å². The van der Waals surface area contributed by atoms with Gasteiger partial charge in [-0.2, -0.15) is 0 Å². The quantitative estimate of drug-likeness (QED) is 0.232. The SMILES string of the molecule is CC(C)CCC(Oc1ccc(NC(=O)Nc2cccnc2Oc2ccccc2C(C)(C)C)c(F)c1)C1CCNCC1. The van der Waals surface area contributed by atoms with Crippen molar-refractivity contribution in [2.24, 2.45) is 11.8 Å². The molecule has 1 aliphatic rings. The molecular formula is C33H43FN4O3. The Kier molecular flexibility index (Phi) is 10.2. The summed E-state index contributed by atoms with van der Waals surface area (Å²) in [7, 11) is 0. The Labute approximate surface area is 243 Å². The molecule has 2 aromatic carbocycles. The van der Waals surface area contributed by atoms with E-state index in [9.17, 15) is 4.79 Å². The maximum Gasteiger partial charge on any atom is 0.323 e. The topological polar surface area (TPSA) is 84.5 Å². The highest BCUT2D eigenvalue weighted by Crippen LogP contribution is 2.35. The van der Waals surface area contributed by atoms with Crippen LogP contribution >= 0.6 is 0 Å². The first-order valence-electron chi connectivity index (χ1n) is 14.6. The van der Waals surface area contributed by atoms with E-state index in [0.29, 0.717) is 29.0 Å². The van der Waals surface area contributed by atoms with Gasteiger partial charge in [0.1, 0.15) is 29.1 Å². The van der Waals surface area contributed by atoms with Gasteiger partial charge in [-0.3, -0.25) is 0 Å². The highest BCUT2D eigenvalue weighted by molar-refractivity contribution is 6.00. The Morgan fingerprint density at radius 2 is 1.76 bits per heavy atom. The van der Waals surface area contributed by atoms with E-state index in [-0.39, 0.29) is 23.1 Å². The number of pyridine rings is 1. The number of rotatable bonds is 10. The van der Waals surface area contributed by atoms with Crippen LogP contribution in [0.1, 0.15) is 65.9 Å². The maximum atomic E-state index is 15.1. The van der Waals surface area contributed by atoms with Gasteiger partial charge in [0.15, 0.2) is 0 Å². The van der Waals surface area contributed by atoms with Gasteiger partial charge in [0.25, 0.3) is 0 Å². The number of anilines is 2. The number of hydrogen-bond acceptors (Lipinski definition) is 5. The van der Waals surface area contributed by atoms with Gasteiger partial charge in [-0.05, 0) is 86.4 Å². The predicted octanol–water partition coefficient (Wildman–Crippen LogP) is 8.14. The molecule has 7 nitrogen and oxygen atoms in total. The molecule has 41 heavy (non-hydrogen) atoms. The normalized spacial score (nSPS) is 14.9. The Bertz CT molecular complexity index is 1300. The Morgan fingerprint density at radius 3 is 2.46 bits per heavy atom. The summed E-state index contributed by atoms with van der Waals surface area (Å²) in [5.74, 6) is 1.82. The molecular weight excluding hydrogens is 519 g/mol. The lowest BCUT2D eigenvalue weighted by molar-refractivity contribution is 0.0980. The van der Waals surface area contributed by atoms with Crippen LogP contribution in [0.4, 0.5) is 20.6 Å². The fourth-order valence-electron chi connectivity index (χ4n) is 5.07. The molecule has 4 rings (SSSR count). The van der Waals surface area contributed by atoms with E-state index in [1.807, 2.05) is 24.3 Å². The summed E-state index contributed by atoms with van der Waals surface area (Å²) in [6, 6.07) is 15.1. The van der Waals surface area contributed by atoms with E-state index in [0.717, 1.165) is 44.3 Å². The molecule has 1 aromatic heterocycles. The summed E-state index contributed by atoms with van der Waals surface area (Å²) in [6.07, 6.45) is 5.71. The van der Waals surface area contributed by atoms with Crippen molar-refractivity contribution in [3.63, 3.8) is 0 Å². The zero-order valence-corrected chi connectivity index (χ0v) is 24.8. The number of carbonyl (C=O) groups excluding carboxylic acids is 1. The summed E-state index contributed by atoms with van der Waals surface area (Å²) < 4.78 is 27.6. The fraction of sp³-hybridized carbons (Fsp3) is 0.455. The molecule has 0 radical (unpaired) electrons. The van der Waals surface area contributed by atoms with E-state index < -0.39 is 11.8 Å². The van der Waals surface area contributed by atoms with Gasteiger partial charge >= 0.3 is 6.03 Å². The number of halogens is 1. The minimum absolute atomic E-state index is 0.0356. The van der Waals surface area contributed by atoms with Crippen molar-refractivity contribution >= 4 is 17.4 Å².